The molecule has 1 aromatic carbocycles. The molecule has 0 aromatic heterocycles. The normalized spacial score (nSPS) is 13.4. The van der Waals surface area contributed by atoms with Crippen LogP contribution in [0.4, 0.5) is 5.69 Å². The molecule has 0 radical (unpaired) electrons. The molecule has 1 atom stereocenters. The van der Waals surface area contributed by atoms with Gasteiger partial charge in [-0.1, -0.05) is 12.1 Å². The van der Waals surface area contributed by atoms with Crippen LogP contribution in [0.5, 0.6) is 0 Å². The van der Waals surface area contributed by atoms with Crippen molar-refractivity contribution in [2.45, 2.75) is 31.3 Å². The fourth-order valence-electron chi connectivity index (χ4n) is 1.36. The van der Waals surface area contributed by atoms with E-state index in [-0.39, 0.29) is 21.8 Å². The summed E-state index contributed by atoms with van der Waals surface area (Å²) in [6.07, 6.45) is 0. The highest BCUT2D eigenvalue weighted by molar-refractivity contribution is 7.85. The maximum Gasteiger partial charge on any atom is 0.338 e. The molecule has 0 fully saturated rings. The molecule has 0 aliphatic heterocycles. The first-order chi connectivity index (χ1) is 7.73. The van der Waals surface area contributed by atoms with Gasteiger partial charge in [0.15, 0.2) is 0 Å². The van der Waals surface area contributed by atoms with Crippen molar-refractivity contribution in [1.29, 1.82) is 0 Å². The maximum atomic E-state index is 12.0. The molecule has 3 N–H and O–H groups in total. The standard InChI is InChI=1S/C12H17NO3S/c1-12(2,3)17(16)7-8-5-4-6-9(13)10(8)11(14)15/h4-6H,7,13H2,1-3H3,(H,14,15). The van der Waals surface area contributed by atoms with Crippen LogP contribution in [0.2, 0.25) is 0 Å². The molecule has 0 heterocycles. The number of nitrogen functional groups attached to an aromatic ring is 1. The van der Waals surface area contributed by atoms with Crippen molar-refractivity contribution in [2.75, 3.05) is 5.73 Å². The largest absolute Gasteiger partial charge is 0.478 e. The molecule has 0 saturated heterocycles. The zero-order valence-corrected chi connectivity index (χ0v) is 11.0. The highest BCUT2D eigenvalue weighted by Crippen LogP contribution is 2.22. The number of aromatic carboxylic acids is 1. The Labute approximate surface area is 103 Å². The van der Waals surface area contributed by atoms with Gasteiger partial charge in [0.05, 0.1) is 5.56 Å². The van der Waals surface area contributed by atoms with Crippen LogP contribution in [-0.4, -0.2) is 20.0 Å². The lowest BCUT2D eigenvalue weighted by Crippen LogP contribution is -2.23. The minimum absolute atomic E-state index is 0.0603. The number of carboxylic acids is 1. The highest BCUT2D eigenvalue weighted by Gasteiger charge is 2.22. The molecule has 0 amide bonds. The van der Waals surface area contributed by atoms with Crippen LogP contribution in [-0.2, 0) is 16.6 Å². The topological polar surface area (TPSA) is 80.4 Å². The molecule has 0 saturated carbocycles. The van der Waals surface area contributed by atoms with Gasteiger partial charge in [-0.3, -0.25) is 4.21 Å². The molecule has 1 unspecified atom stereocenters. The van der Waals surface area contributed by atoms with Crippen LogP contribution in [0.1, 0.15) is 36.7 Å². The van der Waals surface area contributed by atoms with Crippen LogP contribution in [0, 0.1) is 0 Å². The molecule has 17 heavy (non-hydrogen) atoms. The SMILES string of the molecule is CC(C)(C)S(=O)Cc1cccc(N)c1C(=O)O. The van der Waals surface area contributed by atoms with E-state index in [2.05, 4.69) is 0 Å². The number of nitrogens with two attached hydrogens (primary N) is 1. The van der Waals surface area contributed by atoms with Gasteiger partial charge in [-0.2, -0.15) is 0 Å². The Morgan fingerprint density at radius 1 is 1.41 bits per heavy atom. The Hall–Kier alpha value is -1.36. The summed E-state index contributed by atoms with van der Waals surface area (Å²) < 4.78 is 11.6. The second-order valence-electron chi connectivity index (χ2n) is 4.79. The van der Waals surface area contributed by atoms with Gasteiger partial charge in [0.25, 0.3) is 0 Å². The summed E-state index contributed by atoms with van der Waals surface area (Å²) in [5.41, 5.74) is 6.42. The third-order valence-corrected chi connectivity index (χ3v) is 4.31. The van der Waals surface area contributed by atoms with Crippen LogP contribution >= 0.6 is 0 Å². The van der Waals surface area contributed by atoms with Gasteiger partial charge in [0, 0.05) is 27.0 Å². The van der Waals surface area contributed by atoms with Crippen molar-refractivity contribution in [2.24, 2.45) is 0 Å². The third kappa shape index (κ3) is 3.30. The van der Waals surface area contributed by atoms with Crippen LogP contribution < -0.4 is 5.73 Å². The second kappa shape index (κ2) is 4.87. The van der Waals surface area contributed by atoms with Gasteiger partial charge in [-0.25, -0.2) is 4.79 Å². The lowest BCUT2D eigenvalue weighted by molar-refractivity contribution is 0.0697. The molecular weight excluding hydrogens is 238 g/mol. The number of carboxylic acid groups (broad SMARTS) is 1. The van der Waals surface area contributed by atoms with Crippen molar-refractivity contribution < 1.29 is 14.1 Å². The first-order valence-corrected chi connectivity index (χ1v) is 6.54. The van der Waals surface area contributed by atoms with E-state index in [0.29, 0.717) is 5.56 Å². The zero-order chi connectivity index (χ0) is 13.2. The Kier molecular flexibility index (Phi) is 3.93. The first kappa shape index (κ1) is 13.7. The average Bonchev–Trinajstić information content (AvgIpc) is 2.15. The number of rotatable bonds is 3. The van der Waals surface area contributed by atoms with Crippen LogP contribution in [0.25, 0.3) is 0 Å². The van der Waals surface area contributed by atoms with Gasteiger partial charge in [0.2, 0.25) is 0 Å². The predicted molar refractivity (Wildman–Crippen MR) is 69.4 cm³/mol. The molecule has 0 spiro atoms. The molecular formula is C12H17NO3S. The third-order valence-electron chi connectivity index (χ3n) is 2.37. The lowest BCUT2D eigenvalue weighted by atomic mass is 10.1. The van der Waals surface area contributed by atoms with Crippen molar-refractivity contribution in [3.8, 4) is 0 Å². The van der Waals surface area contributed by atoms with Gasteiger partial charge in [-0.05, 0) is 32.4 Å². The number of anilines is 1. The number of hydrogen-bond acceptors (Lipinski definition) is 3. The summed E-state index contributed by atoms with van der Waals surface area (Å²) in [6.45, 7) is 5.57. The molecule has 0 aliphatic rings. The van der Waals surface area contributed by atoms with E-state index in [0.717, 1.165) is 0 Å². The summed E-state index contributed by atoms with van der Waals surface area (Å²) in [4.78, 5) is 11.1. The van der Waals surface area contributed by atoms with Gasteiger partial charge in [0.1, 0.15) is 0 Å². The van der Waals surface area contributed by atoms with E-state index in [9.17, 15) is 9.00 Å². The quantitative estimate of drug-likeness (QED) is 0.810. The predicted octanol–water partition coefficient (Wildman–Crippen LogP) is 2.01. The fourth-order valence-corrected chi connectivity index (χ4v) is 2.31. The zero-order valence-electron chi connectivity index (χ0n) is 10.2. The minimum atomic E-state index is -1.14. The van der Waals surface area contributed by atoms with E-state index >= 15 is 0 Å². The Morgan fingerprint density at radius 2 is 2.00 bits per heavy atom. The molecule has 1 aromatic rings. The summed E-state index contributed by atoms with van der Waals surface area (Å²) in [6, 6.07) is 4.87. The Balaban J connectivity index is 3.12. The van der Waals surface area contributed by atoms with E-state index < -0.39 is 16.8 Å². The van der Waals surface area contributed by atoms with Crippen molar-refractivity contribution >= 4 is 22.5 Å². The van der Waals surface area contributed by atoms with Crippen molar-refractivity contribution in [3.05, 3.63) is 29.3 Å². The average molecular weight is 255 g/mol. The molecule has 1 rings (SSSR count). The molecule has 0 bridgehead atoms. The van der Waals surface area contributed by atoms with Gasteiger partial charge in [-0.15, -0.1) is 0 Å². The van der Waals surface area contributed by atoms with Crippen molar-refractivity contribution in [1.82, 2.24) is 0 Å². The fraction of sp³-hybridized carbons (Fsp3) is 0.417. The summed E-state index contributed by atoms with van der Waals surface area (Å²) in [5, 5.41) is 9.08. The monoisotopic (exact) mass is 255 g/mol. The van der Waals surface area contributed by atoms with E-state index in [1.54, 1.807) is 12.1 Å². The second-order valence-corrected chi connectivity index (χ2v) is 6.99. The molecule has 0 aliphatic carbocycles. The first-order valence-electron chi connectivity index (χ1n) is 5.22. The Bertz CT molecular complexity index is 463. The van der Waals surface area contributed by atoms with Crippen LogP contribution in [0.15, 0.2) is 18.2 Å². The van der Waals surface area contributed by atoms with Gasteiger partial charge < -0.3 is 10.8 Å². The maximum absolute atomic E-state index is 12.0. The van der Waals surface area contributed by atoms with E-state index in [4.69, 9.17) is 10.8 Å². The minimum Gasteiger partial charge on any atom is -0.478 e. The number of benzene rings is 1. The number of hydrogen-bond donors (Lipinski definition) is 2. The van der Waals surface area contributed by atoms with Gasteiger partial charge >= 0.3 is 5.97 Å². The molecule has 4 nitrogen and oxygen atoms in total. The highest BCUT2D eigenvalue weighted by atomic mass is 32.2. The number of carbonyl (C=O) groups is 1. The Morgan fingerprint density at radius 3 is 2.47 bits per heavy atom. The molecule has 94 valence electrons. The lowest BCUT2D eigenvalue weighted by Gasteiger charge is -2.18. The van der Waals surface area contributed by atoms with Crippen molar-refractivity contribution in [3.63, 3.8) is 0 Å². The summed E-state index contributed by atoms with van der Waals surface area (Å²) in [5.74, 6) is -0.875. The van der Waals surface area contributed by atoms with Crippen LogP contribution in [0.3, 0.4) is 0 Å². The van der Waals surface area contributed by atoms with E-state index in [1.165, 1.54) is 6.07 Å². The smallest absolute Gasteiger partial charge is 0.338 e. The molecule has 5 heteroatoms. The van der Waals surface area contributed by atoms with E-state index in [1.807, 2.05) is 20.8 Å². The summed E-state index contributed by atoms with van der Waals surface area (Å²) in [7, 11) is -1.14. The summed E-state index contributed by atoms with van der Waals surface area (Å²) >= 11 is 0.